The number of nitrogen functional groups attached to an aromatic ring is 1. The Balaban J connectivity index is 1.84. The second kappa shape index (κ2) is 8.84. The molecule has 0 aliphatic carbocycles. The van der Waals surface area contributed by atoms with E-state index >= 15 is 0 Å². The van der Waals surface area contributed by atoms with Crippen LogP contribution in [0.4, 0.5) is 5.69 Å². The molecule has 0 saturated carbocycles. The van der Waals surface area contributed by atoms with E-state index in [-0.39, 0.29) is 11.4 Å². The first-order valence-corrected chi connectivity index (χ1v) is 10.1. The molecule has 0 spiro atoms. The zero-order valence-corrected chi connectivity index (χ0v) is 17.8. The Labute approximate surface area is 189 Å². The number of rotatable bonds is 6. The first kappa shape index (κ1) is 21.6. The summed E-state index contributed by atoms with van der Waals surface area (Å²) in [7, 11) is 1.47. The van der Waals surface area contributed by atoms with E-state index < -0.39 is 11.9 Å². The molecule has 0 fully saturated rings. The summed E-state index contributed by atoms with van der Waals surface area (Å²) in [5.74, 6) is -1.17. The van der Waals surface area contributed by atoms with E-state index in [1.165, 1.54) is 13.2 Å². The average Bonchev–Trinajstić information content (AvgIpc) is 2.83. The van der Waals surface area contributed by atoms with Gasteiger partial charge in [-0.3, -0.25) is 10.2 Å². The van der Waals surface area contributed by atoms with Gasteiger partial charge in [0.15, 0.2) is 0 Å². The molecule has 4 aromatic rings. The quantitative estimate of drug-likeness (QED) is 0.255. The Morgan fingerprint density at radius 2 is 1.55 bits per heavy atom. The first-order chi connectivity index (χ1) is 15.9. The molecule has 7 nitrogen and oxygen atoms in total. The van der Waals surface area contributed by atoms with E-state index in [4.69, 9.17) is 15.9 Å². The summed E-state index contributed by atoms with van der Waals surface area (Å²) in [6, 6.07) is 22.5. The third-order valence-electron chi connectivity index (χ3n) is 5.33. The fraction of sp³-hybridized carbons (Fsp3) is 0.0385. The minimum absolute atomic E-state index is 0.0319. The lowest BCUT2D eigenvalue weighted by Crippen LogP contribution is -2.15. The van der Waals surface area contributed by atoms with E-state index in [0.717, 1.165) is 10.8 Å². The lowest BCUT2D eigenvalue weighted by atomic mass is 9.92. The van der Waals surface area contributed by atoms with Gasteiger partial charge in [0.1, 0.15) is 11.6 Å². The number of fused-ring (bicyclic) bond motifs is 1. The van der Waals surface area contributed by atoms with Gasteiger partial charge in [-0.2, -0.15) is 0 Å². The van der Waals surface area contributed by atoms with E-state index in [1.807, 2.05) is 30.3 Å². The van der Waals surface area contributed by atoms with Gasteiger partial charge < -0.3 is 20.9 Å². The number of carbonyl (C=O) groups excluding carboxylic acids is 1. The molecule has 164 valence electrons. The molecule has 4 aromatic carbocycles. The standard InChI is InChI=1S/C26H21N3O4/c1-33-19-10-11-20(23(14-19)26(31)32)21-12-16-4-2-3-5-17(16)13-22(21)25(30)29-18-8-6-15(7-9-18)24(27)28/h2-14H,1H3,(H3,27,28)(H,29,30)(H,31,32). The fourth-order valence-electron chi connectivity index (χ4n) is 3.64. The molecule has 0 aromatic heterocycles. The van der Waals surface area contributed by atoms with Gasteiger partial charge in [0, 0.05) is 16.8 Å². The van der Waals surface area contributed by atoms with Crippen molar-refractivity contribution >= 4 is 34.2 Å². The predicted molar refractivity (Wildman–Crippen MR) is 128 cm³/mol. The van der Waals surface area contributed by atoms with Crippen molar-refractivity contribution < 1.29 is 19.4 Å². The number of amides is 1. The normalized spacial score (nSPS) is 10.6. The number of nitrogens with two attached hydrogens (primary N) is 1. The Morgan fingerprint density at radius 1 is 0.879 bits per heavy atom. The summed E-state index contributed by atoms with van der Waals surface area (Å²) in [4.78, 5) is 25.3. The molecule has 33 heavy (non-hydrogen) atoms. The number of carboxylic acid groups (broad SMARTS) is 1. The Bertz CT molecular complexity index is 1390. The number of ether oxygens (including phenoxy) is 1. The average molecular weight is 439 g/mol. The maximum absolute atomic E-state index is 13.3. The number of carboxylic acids is 1. The van der Waals surface area contributed by atoms with E-state index in [1.54, 1.807) is 42.5 Å². The third kappa shape index (κ3) is 4.38. The molecule has 0 aliphatic heterocycles. The van der Waals surface area contributed by atoms with Gasteiger partial charge in [0.25, 0.3) is 5.91 Å². The van der Waals surface area contributed by atoms with Gasteiger partial charge >= 0.3 is 5.97 Å². The maximum atomic E-state index is 13.3. The van der Waals surface area contributed by atoms with Crippen LogP contribution in [0.1, 0.15) is 26.3 Å². The highest BCUT2D eigenvalue weighted by atomic mass is 16.5. The second-order valence-electron chi connectivity index (χ2n) is 7.41. The Hall–Kier alpha value is -4.65. The number of methoxy groups -OCH3 is 1. The summed E-state index contributed by atoms with van der Waals surface area (Å²) in [6.45, 7) is 0. The number of nitrogens with one attached hydrogen (secondary N) is 2. The van der Waals surface area contributed by atoms with E-state index in [9.17, 15) is 14.7 Å². The number of anilines is 1. The molecule has 0 heterocycles. The molecule has 0 bridgehead atoms. The Morgan fingerprint density at radius 3 is 2.15 bits per heavy atom. The number of aromatic carboxylic acids is 1. The van der Waals surface area contributed by atoms with Crippen LogP contribution in [0, 0.1) is 5.41 Å². The lowest BCUT2D eigenvalue weighted by Gasteiger charge is -2.15. The second-order valence-corrected chi connectivity index (χ2v) is 7.41. The summed E-state index contributed by atoms with van der Waals surface area (Å²) < 4.78 is 5.18. The minimum Gasteiger partial charge on any atom is -0.497 e. The van der Waals surface area contributed by atoms with Crippen LogP contribution in [0.3, 0.4) is 0 Å². The molecule has 5 N–H and O–H groups in total. The van der Waals surface area contributed by atoms with Crippen LogP contribution >= 0.6 is 0 Å². The van der Waals surface area contributed by atoms with Crippen LogP contribution in [0.15, 0.2) is 78.9 Å². The first-order valence-electron chi connectivity index (χ1n) is 10.1. The SMILES string of the molecule is COc1ccc(-c2cc3ccccc3cc2C(=O)Nc2ccc(C(=N)N)cc2)c(C(=O)O)c1. The van der Waals surface area contributed by atoms with E-state index in [0.29, 0.717) is 33.7 Å². The van der Waals surface area contributed by atoms with Crippen molar-refractivity contribution in [1.29, 1.82) is 5.41 Å². The summed E-state index contributed by atoms with van der Waals surface area (Å²) in [5, 5.41) is 21.9. The monoisotopic (exact) mass is 439 g/mol. The highest BCUT2D eigenvalue weighted by Crippen LogP contribution is 2.34. The molecule has 1 amide bonds. The van der Waals surface area contributed by atoms with Crippen LogP contribution in [0.2, 0.25) is 0 Å². The van der Waals surface area contributed by atoms with Crippen LogP contribution in [0.5, 0.6) is 5.75 Å². The van der Waals surface area contributed by atoms with Gasteiger partial charge in [-0.25, -0.2) is 4.79 Å². The van der Waals surface area contributed by atoms with Crippen LogP contribution in [-0.4, -0.2) is 29.9 Å². The summed E-state index contributed by atoms with van der Waals surface area (Å²) >= 11 is 0. The molecule has 0 aliphatic rings. The predicted octanol–water partition coefficient (Wildman–Crippen LogP) is 4.75. The molecule has 4 rings (SSSR count). The van der Waals surface area contributed by atoms with Gasteiger partial charge in [-0.15, -0.1) is 0 Å². The van der Waals surface area contributed by atoms with Crippen LogP contribution in [-0.2, 0) is 0 Å². The van der Waals surface area contributed by atoms with Crippen molar-refractivity contribution in [3.63, 3.8) is 0 Å². The zero-order valence-electron chi connectivity index (χ0n) is 17.8. The van der Waals surface area contributed by atoms with Crippen molar-refractivity contribution in [2.45, 2.75) is 0 Å². The zero-order chi connectivity index (χ0) is 23.5. The number of amidine groups is 1. The van der Waals surface area contributed by atoms with Crippen molar-refractivity contribution in [3.05, 3.63) is 95.6 Å². The highest BCUT2D eigenvalue weighted by molar-refractivity contribution is 6.13. The molecule has 0 radical (unpaired) electrons. The van der Waals surface area contributed by atoms with Crippen LogP contribution < -0.4 is 15.8 Å². The van der Waals surface area contributed by atoms with Crippen LogP contribution in [0.25, 0.3) is 21.9 Å². The topological polar surface area (TPSA) is 126 Å². The molecule has 0 atom stereocenters. The molecular formula is C26H21N3O4. The van der Waals surface area contributed by atoms with Crippen molar-refractivity contribution in [2.75, 3.05) is 12.4 Å². The van der Waals surface area contributed by atoms with Gasteiger partial charge in [0.05, 0.1) is 12.7 Å². The highest BCUT2D eigenvalue weighted by Gasteiger charge is 2.20. The van der Waals surface area contributed by atoms with Gasteiger partial charge in [-0.05, 0) is 76.5 Å². The van der Waals surface area contributed by atoms with E-state index in [2.05, 4.69) is 5.32 Å². The largest absolute Gasteiger partial charge is 0.497 e. The smallest absolute Gasteiger partial charge is 0.336 e. The lowest BCUT2D eigenvalue weighted by molar-refractivity contribution is 0.0697. The molecule has 0 saturated heterocycles. The number of hydrogen-bond donors (Lipinski definition) is 4. The third-order valence-corrected chi connectivity index (χ3v) is 5.33. The number of carbonyl (C=O) groups is 2. The number of hydrogen-bond acceptors (Lipinski definition) is 4. The fourth-order valence-corrected chi connectivity index (χ4v) is 3.64. The number of benzene rings is 4. The molecular weight excluding hydrogens is 418 g/mol. The summed E-state index contributed by atoms with van der Waals surface area (Å²) in [6.07, 6.45) is 0. The van der Waals surface area contributed by atoms with Crippen molar-refractivity contribution in [1.82, 2.24) is 0 Å². The van der Waals surface area contributed by atoms with Gasteiger partial charge in [0.2, 0.25) is 0 Å². The minimum atomic E-state index is -1.12. The maximum Gasteiger partial charge on any atom is 0.336 e. The Kier molecular flexibility index (Phi) is 5.78. The summed E-state index contributed by atoms with van der Waals surface area (Å²) in [5.41, 5.74) is 7.83. The van der Waals surface area contributed by atoms with Crippen molar-refractivity contribution in [2.24, 2.45) is 5.73 Å². The van der Waals surface area contributed by atoms with Crippen molar-refractivity contribution in [3.8, 4) is 16.9 Å². The van der Waals surface area contributed by atoms with Gasteiger partial charge in [-0.1, -0.05) is 24.3 Å². The molecule has 0 unspecified atom stereocenters. The molecule has 7 heteroatoms.